The molecule has 2 saturated heterocycles. The molecule has 2 aliphatic heterocycles. The zero-order valence-corrected chi connectivity index (χ0v) is 25.0. The van der Waals surface area contributed by atoms with Crippen LogP contribution in [0.25, 0.3) is 6.08 Å². The monoisotopic (exact) mass is 598 g/mol. The molecule has 2 aliphatic rings. The van der Waals surface area contributed by atoms with Crippen LogP contribution in [0.15, 0.2) is 35.5 Å². The van der Waals surface area contributed by atoms with E-state index in [0.29, 0.717) is 48.0 Å². The highest BCUT2D eigenvalue weighted by Crippen LogP contribution is 2.36. The summed E-state index contributed by atoms with van der Waals surface area (Å²) in [5.41, 5.74) is 1.01. The first-order chi connectivity index (χ1) is 19.9. The molecule has 1 aromatic carbocycles. The first-order valence-electron chi connectivity index (χ1n) is 13.5. The Balaban J connectivity index is 1.41. The summed E-state index contributed by atoms with van der Waals surface area (Å²) in [4.78, 5) is 59.4. The van der Waals surface area contributed by atoms with Crippen molar-refractivity contribution in [2.45, 2.75) is 59.6 Å². The largest absolute Gasteiger partial charge is 0.474 e. The van der Waals surface area contributed by atoms with Crippen molar-refractivity contribution in [3.63, 3.8) is 0 Å². The summed E-state index contributed by atoms with van der Waals surface area (Å²) in [5.74, 6) is -0.0311. The number of amides is 3. The average molecular weight is 599 g/mol. The second-order valence-electron chi connectivity index (χ2n) is 11.0. The van der Waals surface area contributed by atoms with E-state index >= 15 is 0 Å². The lowest BCUT2D eigenvalue weighted by Gasteiger charge is -2.44. The van der Waals surface area contributed by atoms with Gasteiger partial charge in [0.2, 0.25) is 11.8 Å². The minimum Gasteiger partial charge on any atom is -0.474 e. The molecule has 224 valence electrons. The van der Waals surface area contributed by atoms with Crippen LogP contribution in [0.4, 0.5) is 9.59 Å². The van der Waals surface area contributed by atoms with Gasteiger partial charge in [0.25, 0.3) is 11.1 Å². The minimum atomic E-state index is -0.928. The normalized spacial score (nSPS) is 20.2. The van der Waals surface area contributed by atoms with Gasteiger partial charge in [-0.25, -0.2) is 14.8 Å². The van der Waals surface area contributed by atoms with Crippen LogP contribution in [0, 0.1) is 12.3 Å². The Morgan fingerprint density at radius 3 is 2.48 bits per heavy atom. The van der Waals surface area contributed by atoms with Crippen LogP contribution < -0.4 is 9.47 Å². The second kappa shape index (κ2) is 12.8. The molecule has 0 radical (unpaired) electrons. The molecule has 3 amide bonds. The van der Waals surface area contributed by atoms with Gasteiger partial charge in [-0.15, -0.1) is 0 Å². The second-order valence-corrected chi connectivity index (χ2v) is 12.0. The fourth-order valence-electron chi connectivity index (χ4n) is 4.76. The maximum atomic E-state index is 12.6. The molecule has 2 aromatic rings. The smallest absolute Gasteiger partial charge is 0.407 e. The molecule has 12 nitrogen and oxygen atoms in total. The number of likely N-dealkylation sites (tertiary alicyclic amines) is 1. The van der Waals surface area contributed by atoms with E-state index in [-0.39, 0.29) is 29.1 Å². The topological polar surface area (TPSA) is 148 Å². The number of nitrogens with zero attached hydrogens (tertiary/aromatic N) is 4. The number of aromatic nitrogens is 2. The molecule has 4 rings (SSSR count). The lowest BCUT2D eigenvalue weighted by Crippen LogP contribution is -2.53. The molecule has 0 spiro atoms. The predicted molar refractivity (Wildman–Crippen MR) is 154 cm³/mol. The number of carboxylic acid groups (broad SMARTS) is 1. The SMILES string of the molecule is CCOC(=O)CN1C(=O)S/C(=C\c2ccc(Oc3ncnc(OC4CCN(C(=O)O)C(C(C)(C)C)C4)c3C)cc2)C1=O. The summed E-state index contributed by atoms with van der Waals surface area (Å²) >= 11 is 0.761. The summed E-state index contributed by atoms with van der Waals surface area (Å²) in [6.45, 7) is 9.60. The average Bonchev–Trinajstić information content (AvgIpc) is 3.18. The van der Waals surface area contributed by atoms with Gasteiger partial charge in [0.15, 0.2) is 0 Å². The Kier molecular flexibility index (Phi) is 9.40. The first kappa shape index (κ1) is 30.8. The van der Waals surface area contributed by atoms with Gasteiger partial charge in [0, 0.05) is 25.4 Å². The number of hydrogen-bond acceptors (Lipinski definition) is 10. The van der Waals surface area contributed by atoms with E-state index in [0.717, 1.165) is 16.7 Å². The van der Waals surface area contributed by atoms with E-state index in [4.69, 9.17) is 14.2 Å². The van der Waals surface area contributed by atoms with Crippen LogP contribution in [0.5, 0.6) is 17.5 Å². The van der Waals surface area contributed by atoms with Crippen LogP contribution in [0.1, 0.15) is 51.7 Å². The number of hydrogen-bond donors (Lipinski definition) is 1. The van der Waals surface area contributed by atoms with Crippen LogP contribution in [-0.4, -0.2) is 79.9 Å². The summed E-state index contributed by atoms with van der Waals surface area (Å²) in [6, 6.07) is 6.66. The molecule has 2 unspecified atom stereocenters. The number of esters is 1. The van der Waals surface area contributed by atoms with Gasteiger partial charge < -0.3 is 24.2 Å². The third-order valence-electron chi connectivity index (χ3n) is 6.93. The van der Waals surface area contributed by atoms with Crippen molar-refractivity contribution >= 4 is 41.0 Å². The predicted octanol–water partition coefficient (Wildman–Crippen LogP) is 5.11. The Morgan fingerprint density at radius 2 is 1.83 bits per heavy atom. The van der Waals surface area contributed by atoms with Gasteiger partial charge in [0.05, 0.1) is 17.1 Å². The minimum absolute atomic E-state index is 0.161. The molecule has 0 aliphatic carbocycles. The zero-order valence-electron chi connectivity index (χ0n) is 24.2. The zero-order chi connectivity index (χ0) is 30.6. The third kappa shape index (κ3) is 7.19. The van der Waals surface area contributed by atoms with E-state index < -0.39 is 29.8 Å². The molecular formula is C29H34N4O8S. The fourth-order valence-corrected chi connectivity index (χ4v) is 5.59. The van der Waals surface area contributed by atoms with Crippen LogP contribution in [0.2, 0.25) is 0 Å². The highest BCUT2D eigenvalue weighted by molar-refractivity contribution is 8.18. The number of piperidine rings is 1. The van der Waals surface area contributed by atoms with Crippen molar-refractivity contribution in [3.8, 4) is 17.5 Å². The molecule has 2 fully saturated rings. The van der Waals surface area contributed by atoms with E-state index in [1.807, 2.05) is 20.8 Å². The number of rotatable bonds is 8. The van der Waals surface area contributed by atoms with E-state index in [2.05, 4.69) is 9.97 Å². The molecule has 0 bridgehead atoms. The molecule has 3 heterocycles. The highest BCUT2D eigenvalue weighted by Gasteiger charge is 2.40. The summed E-state index contributed by atoms with van der Waals surface area (Å²) < 4.78 is 17.0. The van der Waals surface area contributed by atoms with Crippen molar-refractivity contribution < 1.29 is 38.5 Å². The van der Waals surface area contributed by atoms with Crippen LogP contribution in [0.3, 0.4) is 0 Å². The van der Waals surface area contributed by atoms with Gasteiger partial charge in [-0.3, -0.25) is 19.3 Å². The van der Waals surface area contributed by atoms with Gasteiger partial charge in [-0.05, 0) is 54.8 Å². The number of carbonyl (C=O) groups is 4. The van der Waals surface area contributed by atoms with Gasteiger partial charge >= 0.3 is 12.1 Å². The molecular weight excluding hydrogens is 564 g/mol. The van der Waals surface area contributed by atoms with Crippen LogP contribution in [-0.2, 0) is 14.3 Å². The van der Waals surface area contributed by atoms with Gasteiger partial charge in [0.1, 0.15) is 24.7 Å². The lowest BCUT2D eigenvalue weighted by molar-refractivity contribution is -0.145. The van der Waals surface area contributed by atoms with E-state index in [1.165, 1.54) is 11.2 Å². The Hall–Kier alpha value is -4.13. The summed E-state index contributed by atoms with van der Waals surface area (Å²) in [6.07, 6.45) is 2.87. The van der Waals surface area contributed by atoms with Crippen LogP contribution >= 0.6 is 11.8 Å². The van der Waals surface area contributed by atoms with E-state index in [1.54, 1.807) is 44.2 Å². The first-order valence-corrected chi connectivity index (χ1v) is 14.4. The number of carbonyl (C=O) groups excluding carboxylic acids is 3. The Bertz CT molecular complexity index is 1390. The quantitative estimate of drug-likeness (QED) is 0.319. The lowest BCUT2D eigenvalue weighted by atomic mass is 9.80. The molecule has 2 atom stereocenters. The molecule has 13 heteroatoms. The number of thioether (sulfide) groups is 1. The maximum Gasteiger partial charge on any atom is 0.407 e. The molecule has 1 aromatic heterocycles. The number of imide groups is 1. The number of benzene rings is 1. The Labute approximate surface area is 248 Å². The Morgan fingerprint density at radius 1 is 1.14 bits per heavy atom. The van der Waals surface area contributed by atoms with Gasteiger partial charge in [-0.1, -0.05) is 32.9 Å². The van der Waals surface area contributed by atoms with Gasteiger partial charge in [-0.2, -0.15) is 0 Å². The molecule has 1 N–H and O–H groups in total. The van der Waals surface area contributed by atoms with Crippen molar-refractivity contribution in [1.82, 2.24) is 19.8 Å². The van der Waals surface area contributed by atoms with Crippen molar-refractivity contribution in [2.24, 2.45) is 5.41 Å². The fraction of sp³-hybridized carbons (Fsp3) is 0.448. The van der Waals surface area contributed by atoms with Crippen molar-refractivity contribution in [2.75, 3.05) is 19.7 Å². The molecule has 0 saturated carbocycles. The maximum absolute atomic E-state index is 12.6. The standard InChI is InChI=1S/C29H34N4O8S/c1-6-39-23(34)15-33-26(35)21(42-28(33)38)13-18-7-9-19(10-8-18)40-24-17(2)25(31-16-30-24)41-20-11-12-32(27(36)37)22(14-20)29(3,4)5/h7-10,13,16,20,22H,6,11-12,14-15H2,1-5H3,(H,36,37)/b21-13-. The molecule has 42 heavy (non-hydrogen) atoms. The van der Waals surface area contributed by atoms with Crippen molar-refractivity contribution in [1.29, 1.82) is 0 Å². The number of ether oxygens (including phenoxy) is 3. The summed E-state index contributed by atoms with van der Waals surface area (Å²) in [7, 11) is 0. The van der Waals surface area contributed by atoms with E-state index in [9.17, 15) is 24.3 Å². The van der Waals surface area contributed by atoms with Crippen molar-refractivity contribution in [3.05, 3.63) is 46.6 Å². The third-order valence-corrected chi connectivity index (χ3v) is 7.84. The summed E-state index contributed by atoms with van der Waals surface area (Å²) in [5, 5.41) is 9.10. The highest BCUT2D eigenvalue weighted by atomic mass is 32.2.